The van der Waals surface area contributed by atoms with Gasteiger partial charge in [0.15, 0.2) is 0 Å². The fourth-order valence-electron chi connectivity index (χ4n) is 0.663. The van der Waals surface area contributed by atoms with Gasteiger partial charge < -0.3 is 0 Å². The second-order valence-electron chi connectivity index (χ2n) is 2.49. The quantitative estimate of drug-likeness (QED) is 0.512. The predicted molar refractivity (Wildman–Crippen MR) is 63.1 cm³/mol. The minimum atomic E-state index is 1.37. The first-order valence-corrected chi connectivity index (χ1v) is 4.81. The van der Waals surface area contributed by atoms with Crippen molar-refractivity contribution in [3.63, 3.8) is 0 Å². The lowest BCUT2D eigenvalue weighted by molar-refractivity contribution is 1.34. The molecule has 13 heavy (non-hydrogen) atoms. The first-order chi connectivity index (χ1) is 6.22. The van der Waals surface area contributed by atoms with Crippen molar-refractivity contribution >= 4 is 0 Å². The van der Waals surface area contributed by atoms with Crippen LogP contribution in [0.15, 0.2) is 36.9 Å². The van der Waals surface area contributed by atoms with E-state index in [2.05, 4.69) is 44.7 Å². The smallest absolute Gasteiger partial charge is 0.0395 e. The zero-order valence-corrected chi connectivity index (χ0v) is 9.59. The highest BCUT2D eigenvalue weighted by Crippen LogP contribution is 2.02. The Bertz CT molecular complexity index is 190. The van der Waals surface area contributed by atoms with Gasteiger partial charge in [-0.1, -0.05) is 44.2 Å². The van der Waals surface area contributed by atoms with E-state index in [1.807, 2.05) is 20.8 Å². The van der Waals surface area contributed by atoms with E-state index in [0.29, 0.717) is 0 Å². The Labute approximate surface area is 83.3 Å². The fraction of sp³-hybridized carbons (Fsp3) is 0.385. The summed E-state index contributed by atoms with van der Waals surface area (Å²) in [5.74, 6) is 0. The average molecular weight is 178 g/mol. The SMILES string of the molecule is C=CC.CC.Cc1ccccc1C. The van der Waals surface area contributed by atoms with Gasteiger partial charge in [-0.15, -0.1) is 6.58 Å². The van der Waals surface area contributed by atoms with E-state index in [1.165, 1.54) is 11.1 Å². The highest BCUT2D eigenvalue weighted by molar-refractivity contribution is 5.23. The molecule has 0 amide bonds. The molecule has 0 spiro atoms. The monoisotopic (exact) mass is 178 g/mol. The van der Waals surface area contributed by atoms with Crippen molar-refractivity contribution in [1.82, 2.24) is 0 Å². The van der Waals surface area contributed by atoms with E-state index in [9.17, 15) is 0 Å². The van der Waals surface area contributed by atoms with Crippen LogP contribution in [-0.2, 0) is 0 Å². The molecule has 0 saturated carbocycles. The molecule has 0 nitrogen and oxygen atoms in total. The molecule has 0 saturated heterocycles. The third-order valence-electron chi connectivity index (χ3n) is 1.43. The van der Waals surface area contributed by atoms with Crippen LogP contribution in [0.2, 0.25) is 0 Å². The third-order valence-corrected chi connectivity index (χ3v) is 1.43. The molecule has 0 heteroatoms. The first-order valence-electron chi connectivity index (χ1n) is 4.81. The lowest BCUT2D eigenvalue weighted by Gasteiger charge is -1.93. The van der Waals surface area contributed by atoms with Crippen molar-refractivity contribution in [1.29, 1.82) is 0 Å². The van der Waals surface area contributed by atoms with Gasteiger partial charge in [0.1, 0.15) is 0 Å². The fourth-order valence-corrected chi connectivity index (χ4v) is 0.663. The summed E-state index contributed by atoms with van der Waals surface area (Å²) in [7, 11) is 0. The Morgan fingerprint density at radius 1 is 1.00 bits per heavy atom. The van der Waals surface area contributed by atoms with Crippen LogP contribution in [0.25, 0.3) is 0 Å². The summed E-state index contributed by atoms with van der Waals surface area (Å²) in [5, 5.41) is 0. The van der Waals surface area contributed by atoms with E-state index in [4.69, 9.17) is 0 Å². The largest absolute Gasteiger partial charge is 0.103 e. The second-order valence-corrected chi connectivity index (χ2v) is 2.49. The number of rotatable bonds is 0. The molecule has 1 aromatic carbocycles. The van der Waals surface area contributed by atoms with Crippen LogP contribution in [0.5, 0.6) is 0 Å². The molecule has 0 aromatic heterocycles. The predicted octanol–water partition coefficient (Wildman–Crippen LogP) is 4.52. The van der Waals surface area contributed by atoms with Crippen molar-refractivity contribution in [2.45, 2.75) is 34.6 Å². The van der Waals surface area contributed by atoms with Gasteiger partial charge >= 0.3 is 0 Å². The minimum Gasteiger partial charge on any atom is -0.103 e. The molecule has 0 aliphatic rings. The lowest BCUT2D eigenvalue weighted by Crippen LogP contribution is -1.74. The van der Waals surface area contributed by atoms with Crippen LogP contribution >= 0.6 is 0 Å². The van der Waals surface area contributed by atoms with Crippen molar-refractivity contribution in [3.05, 3.63) is 48.0 Å². The van der Waals surface area contributed by atoms with Crippen molar-refractivity contribution < 1.29 is 0 Å². The summed E-state index contributed by atoms with van der Waals surface area (Å²) in [5.41, 5.74) is 2.74. The molecule has 0 fully saturated rings. The number of hydrogen-bond donors (Lipinski definition) is 0. The Kier molecular flexibility index (Phi) is 12.2. The van der Waals surface area contributed by atoms with Gasteiger partial charge in [0.2, 0.25) is 0 Å². The minimum absolute atomic E-state index is 1.37. The Morgan fingerprint density at radius 3 is 1.38 bits per heavy atom. The van der Waals surface area contributed by atoms with E-state index in [0.717, 1.165) is 0 Å². The molecule has 0 aliphatic heterocycles. The molecule has 1 aromatic rings. The molecule has 0 N–H and O–H groups in total. The molecular formula is C13H22. The molecule has 0 radical (unpaired) electrons. The molecule has 0 heterocycles. The molecule has 0 bridgehead atoms. The molecular weight excluding hydrogens is 156 g/mol. The van der Waals surface area contributed by atoms with E-state index < -0.39 is 0 Å². The lowest BCUT2D eigenvalue weighted by atomic mass is 10.1. The first kappa shape index (κ1) is 14.5. The van der Waals surface area contributed by atoms with Gasteiger partial charge in [0.05, 0.1) is 0 Å². The summed E-state index contributed by atoms with van der Waals surface area (Å²) in [6.45, 7) is 13.5. The highest BCUT2D eigenvalue weighted by Gasteiger charge is 1.83. The number of benzene rings is 1. The Hall–Kier alpha value is -1.04. The zero-order chi connectivity index (χ0) is 10.7. The van der Waals surface area contributed by atoms with Gasteiger partial charge in [0, 0.05) is 0 Å². The molecule has 0 unspecified atom stereocenters. The van der Waals surface area contributed by atoms with Crippen molar-refractivity contribution in [3.8, 4) is 0 Å². The van der Waals surface area contributed by atoms with Gasteiger partial charge in [-0.05, 0) is 31.9 Å². The molecule has 0 aliphatic carbocycles. The number of aryl methyl sites for hydroxylation is 2. The topological polar surface area (TPSA) is 0 Å². The molecule has 1 rings (SSSR count). The van der Waals surface area contributed by atoms with Crippen LogP contribution in [0, 0.1) is 13.8 Å². The van der Waals surface area contributed by atoms with Crippen molar-refractivity contribution in [2.24, 2.45) is 0 Å². The maximum atomic E-state index is 3.36. The molecule has 74 valence electrons. The van der Waals surface area contributed by atoms with Crippen LogP contribution in [0.1, 0.15) is 31.9 Å². The Morgan fingerprint density at radius 2 is 1.23 bits per heavy atom. The Balaban J connectivity index is 0. The van der Waals surface area contributed by atoms with E-state index in [1.54, 1.807) is 6.08 Å². The third kappa shape index (κ3) is 8.87. The highest BCUT2D eigenvalue weighted by atomic mass is 13.9. The zero-order valence-electron chi connectivity index (χ0n) is 9.59. The molecule has 0 atom stereocenters. The van der Waals surface area contributed by atoms with Gasteiger partial charge in [0.25, 0.3) is 0 Å². The average Bonchev–Trinajstić information content (AvgIpc) is 2.15. The van der Waals surface area contributed by atoms with Crippen molar-refractivity contribution in [2.75, 3.05) is 0 Å². The van der Waals surface area contributed by atoms with Gasteiger partial charge in [-0.2, -0.15) is 0 Å². The van der Waals surface area contributed by atoms with Crippen LogP contribution < -0.4 is 0 Å². The van der Waals surface area contributed by atoms with E-state index in [-0.39, 0.29) is 0 Å². The van der Waals surface area contributed by atoms with Gasteiger partial charge in [-0.25, -0.2) is 0 Å². The van der Waals surface area contributed by atoms with Gasteiger partial charge in [-0.3, -0.25) is 0 Å². The van der Waals surface area contributed by atoms with E-state index >= 15 is 0 Å². The maximum Gasteiger partial charge on any atom is -0.0395 e. The summed E-state index contributed by atoms with van der Waals surface area (Å²) in [6.07, 6.45) is 1.75. The van der Waals surface area contributed by atoms with Crippen LogP contribution in [0.4, 0.5) is 0 Å². The number of allylic oxidation sites excluding steroid dienone is 1. The summed E-state index contributed by atoms with van der Waals surface area (Å²) in [6, 6.07) is 8.36. The normalized spacial score (nSPS) is 7.15. The van der Waals surface area contributed by atoms with Crippen LogP contribution in [0.3, 0.4) is 0 Å². The van der Waals surface area contributed by atoms with Crippen LogP contribution in [-0.4, -0.2) is 0 Å². The summed E-state index contributed by atoms with van der Waals surface area (Å²) in [4.78, 5) is 0. The standard InChI is InChI=1S/C8H10.C3H6.C2H6/c1-7-5-3-4-6-8(7)2;1-3-2;1-2/h3-6H,1-2H3;3H,1H2,2H3;1-2H3. The second kappa shape index (κ2) is 11.0. The number of hydrogen-bond acceptors (Lipinski definition) is 0. The summed E-state index contributed by atoms with van der Waals surface area (Å²) >= 11 is 0. The maximum absolute atomic E-state index is 3.36. The summed E-state index contributed by atoms with van der Waals surface area (Å²) < 4.78 is 0.